The maximum Gasteiger partial charge on any atom is 0.136 e. The average molecular weight is 425 g/mol. The highest BCUT2D eigenvalue weighted by Crippen LogP contribution is 2.59. The monoisotopic (exact) mass is 424 g/mol. The highest BCUT2D eigenvalue weighted by Gasteiger charge is 2.54. The number of hydrogen-bond acceptors (Lipinski definition) is 2. The van der Waals surface area contributed by atoms with E-state index in [2.05, 4.69) is 53.7 Å². The Morgan fingerprint density at radius 2 is 1.94 bits per heavy atom. The van der Waals surface area contributed by atoms with Crippen molar-refractivity contribution in [1.82, 2.24) is 0 Å². The standard InChI is InChI=1S/C29H44O2/c1-7-22(19(2)3)10-8-21(5)26-14-15-27-25(28(31)16-17-29(26,27)6)13-11-23-18-24(30)12-9-20(23)4/h8-10,12,18-19,21-22,25-27,30H,7,11,13-17H2,1-6H3. The van der Waals surface area contributed by atoms with Crippen LogP contribution in [-0.2, 0) is 11.2 Å². The van der Waals surface area contributed by atoms with Gasteiger partial charge in [-0.1, -0.05) is 52.8 Å². The molecule has 2 aliphatic rings. The number of fused-ring (bicyclic) bond motifs is 1. The number of aromatic hydroxyl groups is 1. The van der Waals surface area contributed by atoms with E-state index in [1.807, 2.05) is 12.1 Å². The van der Waals surface area contributed by atoms with E-state index in [1.165, 1.54) is 30.4 Å². The second-order valence-electron chi connectivity index (χ2n) is 11.1. The fraction of sp³-hybridized carbons (Fsp3) is 0.690. The van der Waals surface area contributed by atoms with Crippen LogP contribution < -0.4 is 0 Å². The Morgan fingerprint density at radius 1 is 1.19 bits per heavy atom. The van der Waals surface area contributed by atoms with E-state index >= 15 is 0 Å². The molecule has 6 atom stereocenters. The van der Waals surface area contributed by atoms with Crippen LogP contribution in [0.25, 0.3) is 0 Å². The molecule has 2 aliphatic carbocycles. The summed E-state index contributed by atoms with van der Waals surface area (Å²) in [6.45, 7) is 13.9. The van der Waals surface area contributed by atoms with Crippen molar-refractivity contribution in [2.75, 3.05) is 0 Å². The molecule has 1 aromatic rings. The number of carbonyl (C=O) groups excluding carboxylic acids is 1. The molecular formula is C29H44O2. The summed E-state index contributed by atoms with van der Waals surface area (Å²) in [6.07, 6.45) is 12.2. The normalized spacial score (nSPS) is 30.7. The molecule has 0 bridgehead atoms. The van der Waals surface area contributed by atoms with Crippen molar-refractivity contribution in [3.05, 3.63) is 41.5 Å². The maximum atomic E-state index is 13.0. The molecule has 0 heterocycles. The van der Waals surface area contributed by atoms with Crippen LogP contribution in [0.15, 0.2) is 30.4 Å². The van der Waals surface area contributed by atoms with Gasteiger partial charge in [0.1, 0.15) is 11.5 Å². The van der Waals surface area contributed by atoms with Crippen LogP contribution >= 0.6 is 0 Å². The molecule has 31 heavy (non-hydrogen) atoms. The molecule has 3 rings (SSSR count). The van der Waals surface area contributed by atoms with Crippen LogP contribution in [0.5, 0.6) is 5.75 Å². The van der Waals surface area contributed by atoms with Crippen molar-refractivity contribution in [3.8, 4) is 5.75 Å². The predicted molar refractivity (Wildman–Crippen MR) is 130 cm³/mol. The van der Waals surface area contributed by atoms with Crippen LogP contribution in [0.3, 0.4) is 0 Å². The number of carbonyl (C=O) groups is 1. The van der Waals surface area contributed by atoms with Gasteiger partial charge in [0, 0.05) is 12.3 Å². The van der Waals surface area contributed by atoms with Gasteiger partial charge in [-0.2, -0.15) is 0 Å². The first-order valence-corrected chi connectivity index (χ1v) is 12.7. The number of hydrogen-bond donors (Lipinski definition) is 1. The lowest BCUT2D eigenvalue weighted by atomic mass is 9.58. The molecule has 2 heteroatoms. The molecule has 2 saturated carbocycles. The third-order valence-electron chi connectivity index (χ3n) is 8.97. The summed E-state index contributed by atoms with van der Waals surface area (Å²) in [5.74, 6) is 4.11. The van der Waals surface area contributed by atoms with Crippen molar-refractivity contribution in [3.63, 3.8) is 0 Å². The molecule has 0 aromatic heterocycles. The Hall–Kier alpha value is -1.57. The van der Waals surface area contributed by atoms with Crippen molar-refractivity contribution < 1.29 is 9.90 Å². The molecule has 6 unspecified atom stereocenters. The lowest BCUT2D eigenvalue weighted by Crippen LogP contribution is -2.43. The Morgan fingerprint density at radius 3 is 2.61 bits per heavy atom. The minimum absolute atomic E-state index is 0.181. The number of phenols is 1. The fourth-order valence-electron chi connectivity index (χ4n) is 6.87. The Balaban J connectivity index is 1.72. The van der Waals surface area contributed by atoms with Crippen LogP contribution in [0.1, 0.15) is 84.3 Å². The molecule has 1 aromatic carbocycles. The van der Waals surface area contributed by atoms with Crippen LogP contribution in [0, 0.1) is 47.8 Å². The molecule has 0 saturated heterocycles. The smallest absolute Gasteiger partial charge is 0.136 e. The van der Waals surface area contributed by atoms with E-state index in [0.29, 0.717) is 41.1 Å². The van der Waals surface area contributed by atoms with Gasteiger partial charge in [0.05, 0.1) is 0 Å². The fourth-order valence-corrected chi connectivity index (χ4v) is 6.87. The summed E-state index contributed by atoms with van der Waals surface area (Å²) in [6, 6.07) is 5.61. The minimum atomic E-state index is 0.181. The van der Waals surface area contributed by atoms with E-state index in [1.54, 1.807) is 6.07 Å². The highest BCUT2D eigenvalue weighted by atomic mass is 16.3. The van der Waals surface area contributed by atoms with E-state index < -0.39 is 0 Å². The second kappa shape index (κ2) is 9.92. The first-order chi connectivity index (χ1) is 14.7. The lowest BCUT2D eigenvalue weighted by Gasteiger charge is -2.46. The largest absolute Gasteiger partial charge is 0.508 e. The zero-order chi connectivity index (χ0) is 22.8. The van der Waals surface area contributed by atoms with E-state index in [9.17, 15) is 9.90 Å². The Labute approximate surface area is 190 Å². The molecule has 2 nitrogen and oxygen atoms in total. The van der Waals surface area contributed by atoms with Crippen LogP contribution in [0.2, 0.25) is 0 Å². The molecular weight excluding hydrogens is 380 g/mol. The van der Waals surface area contributed by atoms with Gasteiger partial charge < -0.3 is 5.11 Å². The number of benzene rings is 1. The van der Waals surface area contributed by atoms with Gasteiger partial charge in [0.25, 0.3) is 0 Å². The van der Waals surface area contributed by atoms with Gasteiger partial charge in [-0.05, 0) is 104 Å². The summed E-state index contributed by atoms with van der Waals surface area (Å²) < 4.78 is 0. The second-order valence-corrected chi connectivity index (χ2v) is 11.1. The molecule has 2 fully saturated rings. The van der Waals surface area contributed by atoms with Gasteiger partial charge in [0.2, 0.25) is 0 Å². The molecule has 0 radical (unpaired) electrons. The summed E-state index contributed by atoms with van der Waals surface area (Å²) in [5.41, 5.74) is 2.67. The SMILES string of the molecule is CCC(C=CC(C)C1CCC2C(CCc3cc(O)ccc3C)C(=O)CCC12C)C(C)C. The number of phenolic OH excluding ortho intramolecular Hbond substituents is 1. The molecule has 0 aliphatic heterocycles. The van der Waals surface area contributed by atoms with Gasteiger partial charge in [-0.15, -0.1) is 0 Å². The highest BCUT2D eigenvalue weighted by molar-refractivity contribution is 5.82. The zero-order valence-corrected chi connectivity index (χ0v) is 20.7. The van der Waals surface area contributed by atoms with E-state index in [-0.39, 0.29) is 11.3 Å². The van der Waals surface area contributed by atoms with E-state index in [0.717, 1.165) is 25.7 Å². The molecule has 0 spiro atoms. The first kappa shape index (κ1) is 24.1. The summed E-state index contributed by atoms with van der Waals surface area (Å²) in [4.78, 5) is 13.0. The van der Waals surface area contributed by atoms with E-state index in [4.69, 9.17) is 0 Å². The third-order valence-corrected chi connectivity index (χ3v) is 8.97. The summed E-state index contributed by atoms with van der Waals surface area (Å²) in [7, 11) is 0. The van der Waals surface area contributed by atoms with Gasteiger partial charge in [0.15, 0.2) is 0 Å². The maximum absolute atomic E-state index is 13.0. The number of Topliss-reactive ketones (excluding diaryl/α,β-unsaturated/α-hetero) is 1. The minimum Gasteiger partial charge on any atom is -0.508 e. The number of allylic oxidation sites excluding steroid dienone is 2. The van der Waals surface area contributed by atoms with Crippen LogP contribution in [-0.4, -0.2) is 10.9 Å². The Bertz CT molecular complexity index is 792. The van der Waals surface area contributed by atoms with Gasteiger partial charge in [-0.3, -0.25) is 4.79 Å². The quantitative estimate of drug-likeness (QED) is 0.438. The van der Waals surface area contributed by atoms with Crippen LogP contribution in [0.4, 0.5) is 0 Å². The van der Waals surface area contributed by atoms with Crippen molar-refractivity contribution >= 4 is 5.78 Å². The first-order valence-electron chi connectivity index (χ1n) is 12.7. The van der Waals surface area contributed by atoms with Crippen molar-refractivity contribution in [1.29, 1.82) is 0 Å². The average Bonchev–Trinajstić information content (AvgIpc) is 3.07. The Kier molecular flexibility index (Phi) is 7.71. The lowest BCUT2D eigenvalue weighted by molar-refractivity contribution is -0.132. The summed E-state index contributed by atoms with van der Waals surface area (Å²) >= 11 is 0. The number of ketones is 1. The molecule has 0 amide bonds. The topological polar surface area (TPSA) is 37.3 Å². The molecule has 1 N–H and O–H groups in total. The number of aryl methyl sites for hydroxylation is 2. The summed E-state index contributed by atoms with van der Waals surface area (Å²) in [5, 5.41) is 9.88. The zero-order valence-electron chi connectivity index (χ0n) is 20.7. The van der Waals surface area contributed by atoms with Crippen molar-refractivity contribution in [2.45, 2.75) is 86.5 Å². The van der Waals surface area contributed by atoms with Crippen molar-refractivity contribution in [2.24, 2.45) is 40.9 Å². The number of rotatable bonds is 8. The van der Waals surface area contributed by atoms with Gasteiger partial charge in [-0.25, -0.2) is 0 Å². The predicted octanol–water partition coefficient (Wildman–Crippen LogP) is 7.52. The van der Waals surface area contributed by atoms with Gasteiger partial charge >= 0.3 is 0 Å². The third kappa shape index (κ3) is 5.10. The molecule has 172 valence electrons.